The van der Waals surface area contributed by atoms with Crippen LogP contribution in [0, 0.1) is 19.1 Å². The summed E-state index contributed by atoms with van der Waals surface area (Å²) in [7, 11) is 0. The number of nitrogens with zero attached hydrogens (tertiary/aromatic N) is 2. The van der Waals surface area contributed by atoms with E-state index < -0.39 is 13.3 Å². The van der Waals surface area contributed by atoms with Gasteiger partial charge in [0.05, 0.1) is 5.58 Å². The molecule has 5 heteroatoms. The van der Waals surface area contributed by atoms with Gasteiger partial charge in [0.2, 0.25) is 0 Å². The van der Waals surface area contributed by atoms with Crippen LogP contribution in [-0.4, -0.2) is 23.2 Å². The Labute approximate surface area is 306 Å². The van der Waals surface area contributed by atoms with Gasteiger partial charge in [-0.15, -0.1) is 12.1 Å². The van der Waals surface area contributed by atoms with Crippen molar-refractivity contribution in [2.75, 3.05) is 0 Å². The van der Waals surface area contributed by atoms with Crippen LogP contribution in [0.4, 0.5) is 0 Å². The predicted octanol–water partition coefficient (Wildman–Crippen LogP) is 11.6. The van der Waals surface area contributed by atoms with Gasteiger partial charge in [0.25, 0.3) is 0 Å². The predicted molar refractivity (Wildman–Crippen MR) is 203 cm³/mol. The van der Waals surface area contributed by atoms with Gasteiger partial charge in [-0.1, -0.05) is 96.1 Å². The summed E-state index contributed by atoms with van der Waals surface area (Å²) in [5, 5.41) is 2.27. The van der Waals surface area contributed by atoms with Crippen LogP contribution in [0.25, 0.3) is 55.6 Å². The minimum atomic E-state index is -1.77. The first-order valence-electron chi connectivity index (χ1n) is 17.2. The summed E-state index contributed by atoms with van der Waals surface area (Å²) in [6.45, 7) is 2.19. The summed E-state index contributed by atoms with van der Waals surface area (Å²) in [5.41, 5.74) is 10.9. The maximum Gasteiger partial charge on any atom is 0.120 e. The maximum atomic E-state index is 6.41. The van der Waals surface area contributed by atoms with Gasteiger partial charge in [-0.2, -0.15) is 0 Å². The number of aromatic nitrogens is 2. The van der Waals surface area contributed by atoms with Crippen molar-refractivity contribution in [3.8, 4) is 33.6 Å². The Morgan fingerprint density at radius 3 is 2.27 bits per heavy atom. The van der Waals surface area contributed by atoms with Crippen molar-refractivity contribution in [3.05, 3.63) is 139 Å². The molecule has 1 fully saturated rings. The van der Waals surface area contributed by atoms with E-state index >= 15 is 0 Å². The Kier molecular flexibility index (Phi) is 11.0. The molecule has 1 saturated carbocycles. The third-order valence-corrected chi connectivity index (χ3v) is 14.0. The molecule has 1 aliphatic rings. The van der Waals surface area contributed by atoms with Crippen molar-refractivity contribution in [2.45, 2.75) is 62.2 Å². The second-order valence-corrected chi connectivity index (χ2v) is 24.5. The summed E-state index contributed by atoms with van der Waals surface area (Å²) in [6.07, 6.45) is 10.6. The molecule has 0 saturated heterocycles. The minimum Gasteiger partial charge on any atom is -0.501 e. The van der Waals surface area contributed by atoms with Crippen molar-refractivity contribution >= 4 is 39.6 Å². The summed E-state index contributed by atoms with van der Waals surface area (Å²) in [5.74, 6) is 7.85. The first kappa shape index (κ1) is 35.0. The first-order valence-corrected chi connectivity index (χ1v) is 24.5. The fraction of sp³-hybridized carbons (Fsp3) is 0.227. The number of fused-ring (bicyclic) bond motifs is 3. The maximum absolute atomic E-state index is 6.41. The van der Waals surface area contributed by atoms with E-state index in [-0.39, 0.29) is 20.1 Å². The van der Waals surface area contributed by atoms with Crippen LogP contribution >= 0.6 is 0 Å². The molecular weight excluding hydrogens is 837 g/mol. The molecule has 49 heavy (non-hydrogen) atoms. The molecule has 249 valence electrons. The zero-order valence-corrected chi connectivity index (χ0v) is 33.2. The standard InChI is InChI=1S/C29H24NO.C15H18GeN.Ir/c1-3-9-20(10-4-1)22-17-18-30-26(19-22)24-16-15-23(21-11-5-2-6-12-21)28-25-13-7-8-14-27(25)31-29(24)28;1-12-10-15(13-8-6-5-7-9-13)17-11-14(12)16(2,3)4;/h2,5-8,11-15,17-20H,1,3-4,9-10H2;5-8,10-11H,1-4H3;/q2*-1;. The van der Waals surface area contributed by atoms with Gasteiger partial charge in [0, 0.05) is 31.7 Å². The third-order valence-electron chi connectivity index (χ3n) is 9.56. The molecule has 0 amide bonds. The SMILES string of the molecule is Cc1cc(-c2[c-]cccc2)nc[c]1[Ge]([CH3])([CH3])[CH3].[Ir].[c-]1cc(-c2ccccc2)c2c(oc3ccccc32)c1-c1cc(C2CCCCC2)ccn1. The zero-order chi connectivity index (χ0) is 33.1. The molecule has 1 radical (unpaired) electrons. The van der Waals surface area contributed by atoms with Crippen LogP contribution in [0.1, 0.15) is 49.1 Å². The van der Waals surface area contributed by atoms with E-state index in [1.165, 1.54) is 53.2 Å². The third kappa shape index (κ3) is 7.68. The fourth-order valence-corrected chi connectivity index (χ4v) is 10.7. The number of rotatable bonds is 5. The van der Waals surface area contributed by atoms with E-state index in [0.29, 0.717) is 5.92 Å². The van der Waals surface area contributed by atoms with E-state index in [2.05, 4.69) is 114 Å². The van der Waals surface area contributed by atoms with Gasteiger partial charge in [0.15, 0.2) is 0 Å². The van der Waals surface area contributed by atoms with E-state index in [1.54, 1.807) is 0 Å². The molecule has 0 aliphatic heterocycles. The molecule has 8 rings (SSSR count). The molecule has 3 heterocycles. The summed E-state index contributed by atoms with van der Waals surface area (Å²) >= 11 is -1.77. The number of hydrogen-bond donors (Lipinski definition) is 0. The smallest absolute Gasteiger partial charge is 0.120 e. The normalized spacial score (nSPS) is 13.5. The molecule has 0 bridgehead atoms. The van der Waals surface area contributed by atoms with Gasteiger partial charge >= 0.3 is 106 Å². The van der Waals surface area contributed by atoms with E-state index in [1.807, 2.05) is 42.6 Å². The van der Waals surface area contributed by atoms with Crippen LogP contribution < -0.4 is 4.40 Å². The average Bonchev–Trinajstić information content (AvgIpc) is 3.52. The van der Waals surface area contributed by atoms with Crippen LogP contribution in [0.3, 0.4) is 0 Å². The molecule has 1 aliphatic carbocycles. The molecule has 3 aromatic heterocycles. The molecular formula is C44H42GeIrN2O-2. The van der Waals surface area contributed by atoms with Crippen LogP contribution in [-0.2, 0) is 20.1 Å². The number of aryl methyl sites for hydroxylation is 1. The molecule has 0 atom stereocenters. The topological polar surface area (TPSA) is 38.9 Å². The Morgan fingerprint density at radius 2 is 1.53 bits per heavy atom. The quantitative estimate of drug-likeness (QED) is 0.128. The number of pyridine rings is 2. The first-order chi connectivity index (χ1) is 23.4. The Morgan fingerprint density at radius 1 is 0.776 bits per heavy atom. The fourth-order valence-electron chi connectivity index (χ4n) is 7.12. The number of furan rings is 1. The van der Waals surface area contributed by atoms with E-state index in [0.717, 1.165) is 50.0 Å². The molecule has 0 N–H and O–H groups in total. The van der Waals surface area contributed by atoms with Crippen LogP contribution in [0.2, 0.25) is 17.3 Å². The number of hydrogen-bond acceptors (Lipinski definition) is 3. The average molecular weight is 880 g/mol. The van der Waals surface area contributed by atoms with Gasteiger partial charge < -0.3 is 9.40 Å². The van der Waals surface area contributed by atoms with Gasteiger partial charge in [-0.05, 0) is 42.0 Å². The van der Waals surface area contributed by atoms with Gasteiger partial charge in [-0.3, -0.25) is 0 Å². The molecule has 0 spiro atoms. The van der Waals surface area contributed by atoms with Crippen molar-refractivity contribution in [3.63, 3.8) is 0 Å². The van der Waals surface area contributed by atoms with E-state index in [9.17, 15) is 0 Å². The van der Waals surface area contributed by atoms with Crippen molar-refractivity contribution in [2.24, 2.45) is 0 Å². The van der Waals surface area contributed by atoms with Crippen molar-refractivity contribution < 1.29 is 24.5 Å². The Hall–Kier alpha value is -3.83. The second kappa shape index (κ2) is 15.4. The zero-order valence-electron chi connectivity index (χ0n) is 28.7. The van der Waals surface area contributed by atoms with Gasteiger partial charge in [-0.25, -0.2) is 0 Å². The second-order valence-electron chi connectivity index (χ2n) is 14.0. The monoisotopic (exact) mass is 881 g/mol. The summed E-state index contributed by atoms with van der Waals surface area (Å²) < 4.78 is 7.90. The summed E-state index contributed by atoms with van der Waals surface area (Å²) in [4.78, 5) is 9.33. The van der Waals surface area contributed by atoms with Gasteiger partial charge in [0.1, 0.15) is 5.58 Å². The van der Waals surface area contributed by atoms with Crippen molar-refractivity contribution in [1.82, 2.24) is 9.97 Å². The van der Waals surface area contributed by atoms with Crippen LogP contribution in [0.15, 0.2) is 120 Å². The number of benzene rings is 4. The molecule has 7 aromatic rings. The molecule has 4 aromatic carbocycles. The van der Waals surface area contributed by atoms with Crippen LogP contribution in [0.5, 0.6) is 0 Å². The Balaban J connectivity index is 0.000000198. The number of para-hydroxylation sites is 1. The van der Waals surface area contributed by atoms with Crippen molar-refractivity contribution in [1.29, 1.82) is 0 Å². The Bertz CT molecular complexity index is 2160. The summed E-state index contributed by atoms with van der Waals surface area (Å²) in [6, 6.07) is 42.3. The minimum absolute atomic E-state index is 0. The molecule has 0 unspecified atom stereocenters. The largest absolute Gasteiger partial charge is 0.501 e. The molecule has 3 nitrogen and oxygen atoms in total. The van der Waals surface area contributed by atoms with E-state index in [4.69, 9.17) is 9.40 Å².